The van der Waals surface area contributed by atoms with Crippen molar-refractivity contribution in [3.8, 4) is 17.3 Å². The molecule has 0 radical (unpaired) electrons. The summed E-state index contributed by atoms with van der Waals surface area (Å²) in [5, 5.41) is 6.55. The standard InChI is InChI=1S/C21H26N6O2/c1-16(29-19-7-5-4-6-18(19)28-3)12-25-21(22-2)26-14-17-8-9-20(24-13-17)27-11-10-23-15-27/h4-11,13,15-16H,12,14H2,1-3H3,(H2,22,25,26). The maximum Gasteiger partial charge on any atom is 0.191 e. The van der Waals surface area contributed by atoms with Crippen LogP contribution in [-0.4, -0.2) is 47.3 Å². The maximum absolute atomic E-state index is 5.95. The van der Waals surface area contributed by atoms with Crippen LogP contribution in [0, 0.1) is 0 Å². The molecule has 29 heavy (non-hydrogen) atoms. The SMILES string of the molecule is CN=C(NCc1ccc(-n2ccnc2)nc1)NCC(C)Oc1ccccc1OC. The van der Waals surface area contributed by atoms with Gasteiger partial charge in [-0.3, -0.25) is 9.56 Å². The number of nitrogens with zero attached hydrogens (tertiary/aromatic N) is 4. The zero-order valence-electron chi connectivity index (χ0n) is 16.9. The van der Waals surface area contributed by atoms with E-state index in [2.05, 4.69) is 25.6 Å². The van der Waals surface area contributed by atoms with Crippen LogP contribution in [0.3, 0.4) is 0 Å². The summed E-state index contributed by atoms with van der Waals surface area (Å²) in [6.45, 7) is 3.19. The number of guanidine groups is 1. The number of rotatable bonds is 8. The van der Waals surface area contributed by atoms with Gasteiger partial charge in [0.15, 0.2) is 17.5 Å². The summed E-state index contributed by atoms with van der Waals surface area (Å²) in [5.74, 6) is 2.96. The van der Waals surface area contributed by atoms with Crippen LogP contribution < -0.4 is 20.1 Å². The van der Waals surface area contributed by atoms with Gasteiger partial charge in [-0.2, -0.15) is 0 Å². The van der Waals surface area contributed by atoms with Gasteiger partial charge >= 0.3 is 0 Å². The number of nitrogens with one attached hydrogen (secondary N) is 2. The Hall–Kier alpha value is -3.55. The largest absolute Gasteiger partial charge is 0.493 e. The average molecular weight is 394 g/mol. The van der Waals surface area contributed by atoms with Crippen LogP contribution in [0.15, 0.2) is 66.3 Å². The van der Waals surface area contributed by atoms with E-state index in [1.165, 1.54) is 0 Å². The summed E-state index contributed by atoms with van der Waals surface area (Å²) >= 11 is 0. The number of aromatic nitrogens is 3. The fourth-order valence-electron chi connectivity index (χ4n) is 2.69. The van der Waals surface area contributed by atoms with Crippen molar-refractivity contribution in [2.45, 2.75) is 19.6 Å². The quantitative estimate of drug-likeness (QED) is 0.451. The molecule has 8 nitrogen and oxygen atoms in total. The van der Waals surface area contributed by atoms with Crippen LogP contribution in [0.4, 0.5) is 0 Å². The molecule has 0 aliphatic carbocycles. The molecule has 152 valence electrons. The minimum Gasteiger partial charge on any atom is -0.493 e. The van der Waals surface area contributed by atoms with Crippen LogP contribution in [0.25, 0.3) is 5.82 Å². The zero-order valence-corrected chi connectivity index (χ0v) is 16.9. The first-order chi connectivity index (χ1) is 14.2. The van der Waals surface area contributed by atoms with Gasteiger partial charge in [-0.25, -0.2) is 9.97 Å². The first-order valence-electron chi connectivity index (χ1n) is 9.37. The van der Waals surface area contributed by atoms with Gasteiger partial charge < -0.3 is 20.1 Å². The highest BCUT2D eigenvalue weighted by Gasteiger charge is 2.09. The van der Waals surface area contributed by atoms with Gasteiger partial charge in [0.05, 0.1) is 13.7 Å². The van der Waals surface area contributed by atoms with Crippen molar-refractivity contribution < 1.29 is 9.47 Å². The Morgan fingerprint density at radius 1 is 1.17 bits per heavy atom. The number of aliphatic imine (C=N–C) groups is 1. The van der Waals surface area contributed by atoms with E-state index in [0.29, 0.717) is 24.8 Å². The first kappa shape index (κ1) is 20.2. The van der Waals surface area contributed by atoms with E-state index >= 15 is 0 Å². The molecule has 2 heterocycles. The molecular formula is C21H26N6O2. The molecule has 1 aromatic carbocycles. The minimum absolute atomic E-state index is 0.0685. The van der Waals surface area contributed by atoms with Gasteiger partial charge in [0.2, 0.25) is 0 Å². The van der Waals surface area contributed by atoms with Gasteiger partial charge in [0.25, 0.3) is 0 Å². The Labute approximate surface area is 170 Å². The Balaban J connectivity index is 1.47. The predicted molar refractivity (Wildman–Crippen MR) is 113 cm³/mol. The lowest BCUT2D eigenvalue weighted by Gasteiger charge is -2.19. The molecule has 3 aromatic rings. The molecule has 1 unspecified atom stereocenters. The van der Waals surface area contributed by atoms with E-state index in [0.717, 1.165) is 17.1 Å². The van der Waals surface area contributed by atoms with Crippen molar-refractivity contribution in [3.63, 3.8) is 0 Å². The van der Waals surface area contributed by atoms with E-state index in [9.17, 15) is 0 Å². The topological polar surface area (TPSA) is 85.6 Å². The molecule has 0 saturated heterocycles. The van der Waals surface area contributed by atoms with Gasteiger partial charge in [-0.05, 0) is 30.7 Å². The lowest BCUT2D eigenvalue weighted by Crippen LogP contribution is -2.41. The van der Waals surface area contributed by atoms with E-state index < -0.39 is 0 Å². The molecule has 2 N–H and O–H groups in total. The highest BCUT2D eigenvalue weighted by atomic mass is 16.5. The fraction of sp³-hybridized carbons (Fsp3) is 0.286. The third kappa shape index (κ3) is 5.71. The summed E-state index contributed by atoms with van der Waals surface area (Å²) in [5.41, 5.74) is 1.05. The van der Waals surface area contributed by atoms with Crippen molar-refractivity contribution in [2.24, 2.45) is 4.99 Å². The Bertz CT molecular complexity index is 909. The molecular weight excluding hydrogens is 368 g/mol. The maximum atomic E-state index is 5.95. The number of methoxy groups -OCH3 is 1. The highest BCUT2D eigenvalue weighted by Crippen LogP contribution is 2.26. The Morgan fingerprint density at radius 2 is 2.00 bits per heavy atom. The third-order valence-corrected chi connectivity index (χ3v) is 4.22. The summed E-state index contributed by atoms with van der Waals surface area (Å²) in [6.07, 6.45) is 7.08. The molecule has 0 spiro atoms. The predicted octanol–water partition coefficient (Wildman–Crippen LogP) is 2.41. The number of ether oxygens (including phenoxy) is 2. The van der Waals surface area contributed by atoms with Crippen molar-refractivity contribution in [2.75, 3.05) is 20.7 Å². The van der Waals surface area contributed by atoms with Gasteiger partial charge in [0, 0.05) is 32.2 Å². The molecule has 8 heteroatoms. The van der Waals surface area contributed by atoms with Gasteiger partial charge in [-0.1, -0.05) is 18.2 Å². The van der Waals surface area contributed by atoms with Crippen molar-refractivity contribution in [3.05, 3.63) is 66.9 Å². The summed E-state index contributed by atoms with van der Waals surface area (Å²) in [6, 6.07) is 11.6. The lowest BCUT2D eigenvalue weighted by atomic mass is 10.3. The molecule has 0 amide bonds. The van der Waals surface area contributed by atoms with Crippen molar-refractivity contribution in [1.82, 2.24) is 25.2 Å². The summed E-state index contributed by atoms with van der Waals surface area (Å²) in [7, 11) is 3.37. The second kappa shape index (κ2) is 10.1. The highest BCUT2D eigenvalue weighted by molar-refractivity contribution is 5.79. The molecule has 1 atom stereocenters. The van der Waals surface area contributed by atoms with Crippen LogP contribution in [0.1, 0.15) is 12.5 Å². The van der Waals surface area contributed by atoms with Crippen LogP contribution in [0.5, 0.6) is 11.5 Å². The smallest absolute Gasteiger partial charge is 0.191 e. The Morgan fingerprint density at radius 3 is 2.66 bits per heavy atom. The van der Waals surface area contributed by atoms with E-state index in [1.54, 1.807) is 26.7 Å². The molecule has 0 aliphatic rings. The number of pyridine rings is 1. The molecule has 0 aliphatic heterocycles. The van der Waals surface area contributed by atoms with Gasteiger partial charge in [-0.15, -0.1) is 0 Å². The fourth-order valence-corrected chi connectivity index (χ4v) is 2.69. The normalized spacial score (nSPS) is 12.3. The molecule has 0 saturated carbocycles. The Kier molecular flexibility index (Phi) is 7.05. The number of hydrogen-bond acceptors (Lipinski definition) is 5. The lowest BCUT2D eigenvalue weighted by molar-refractivity contribution is 0.213. The minimum atomic E-state index is -0.0685. The summed E-state index contributed by atoms with van der Waals surface area (Å²) in [4.78, 5) is 12.7. The molecule has 0 bridgehead atoms. The second-order valence-electron chi connectivity index (χ2n) is 6.38. The van der Waals surface area contributed by atoms with E-state index in [4.69, 9.17) is 9.47 Å². The monoisotopic (exact) mass is 394 g/mol. The number of para-hydroxylation sites is 2. The van der Waals surface area contributed by atoms with Crippen molar-refractivity contribution in [1.29, 1.82) is 0 Å². The first-order valence-corrected chi connectivity index (χ1v) is 9.37. The van der Waals surface area contributed by atoms with E-state index in [-0.39, 0.29) is 6.10 Å². The van der Waals surface area contributed by atoms with E-state index in [1.807, 2.05) is 60.3 Å². The van der Waals surface area contributed by atoms with Crippen LogP contribution >= 0.6 is 0 Å². The van der Waals surface area contributed by atoms with Gasteiger partial charge in [0.1, 0.15) is 18.2 Å². The van der Waals surface area contributed by atoms with Crippen LogP contribution in [0.2, 0.25) is 0 Å². The third-order valence-electron chi connectivity index (χ3n) is 4.22. The number of benzene rings is 1. The summed E-state index contributed by atoms with van der Waals surface area (Å²) < 4.78 is 13.1. The van der Waals surface area contributed by atoms with Crippen LogP contribution in [-0.2, 0) is 6.54 Å². The molecule has 2 aromatic heterocycles. The molecule has 3 rings (SSSR count). The number of imidazole rings is 1. The average Bonchev–Trinajstić information content (AvgIpc) is 3.29. The zero-order chi connectivity index (χ0) is 20.5. The molecule has 0 fully saturated rings. The second-order valence-corrected chi connectivity index (χ2v) is 6.38. The number of hydrogen-bond donors (Lipinski definition) is 2. The van der Waals surface area contributed by atoms with Crippen molar-refractivity contribution >= 4 is 5.96 Å².